The number of carbonyl (C=O) groups excluding carboxylic acids is 1. The Kier molecular flexibility index (Phi) is 7.70. The van der Waals surface area contributed by atoms with Crippen molar-refractivity contribution in [2.24, 2.45) is 0 Å². The molecule has 2 aromatic rings. The molecule has 0 saturated carbocycles. The van der Waals surface area contributed by atoms with Gasteiger partial charge in [0, 0.05) is 19.7 Å². The Morgan fingerprint density at radius 1 is 1.33 bits per heavy atom. The number of hydrogen-bond donors (Lipinski definition) is 1. The topological polar surface area (TPSA) is 101 Å². The van der Waals surface area contributed by atoms with E-state index in [4.69, 9.17) is 16.3 Å². The number of aromatic nitrogens is 2. The van der Waals surface area contributed by atoms with Crippen molar-refractivity contribution in [2.45, 2.75) is 39.2 Å². The first kappa shape index (κ1) is 24.4. The molecule has 0 bridgehead atoms. The first-order valence-electron chi connectivity index (χ1n) is 9.00. The van der Waals surface area contributed by atoms with E-state index < -0.39 is 15.6 Å². The molecule has 30 heavy (non-hydrogen) atoms. The monoisotopic (exact) mass is 518 g/mol. The third-order valence-corrected chi connectivity index (χ3v) is 5.86. The minimum absolute atomic E-state index is 0.0488. The number of sulfonamides is 1. The van der Waals surface area contributed by atoms with E-state index in [0.717, 1.165) is 16.1 Å². The standard InChI is InChI=1S/C19H24BrClN4O4S/c1-19(2,3)29-16(26)9-7-12-6-8-14(15(10-12)25(4)30(5,27)28)23-17-13(20)11-22-18(21)24-17/h6,8,10-11H,7,9H2,1-5H3,(H,22,23,24). The van der Waals surface area contributed by atoms with E-state index in [0.29, 0.717) is 28.1 Å². The van der Waals surface area contributed by atoms with E-state index in [-0.39, 0.29) is 17.7 Å². The molecule has 0 spiro atoms. The normalized spacial score (nSPS) is 11.8. The summed E-state index contributed by atoms with van der Waals surface area (Å²) in [5.74, 6) is 0.0712. The molecule has 0 unspecified atom stereocenters. The minimum Gasteiger partial charge on any atom is -0.460 e. The van der Waals surface area contributed by atoms with Crippen molar-refractivity contribution in [3.05, 3.63) is 39.7 Å². The highest BCUT2D eigenvalue weighted by Gasteiger charge is 2.19. The number of esters is 1. The molecule has 1 heterocycles. The molecule has 1 aromatic carbocycles. The second-order valence-corrected chi connectivity index (χ2v) is 10.8. The Hall–Kier alpha value is -1.91. The second kappa shape index (κ2) is 9.49. The van der Waals surface area contributed by atoms with Gasteiger partial charge in [-0.3, -0.25) is 9.10 Å². The molecule has 0 amide bonds. The highest BCUT2D eigenvalue weighted by Crippen LogP contribution is 2.33. The number of ether oxygens (including phenoxy) is 1. The summed E-state index contributed by atoms with van der Waals surface area (Å²) in [6.07, 6.45) is 3.19. The predicted molar refractivity (Wildman–Crippen MR) is 122 cm³/mol. The van der Waals surface area contributed by atoms with Crippen LogP contribution in [0.2, 0.25) is 5.28 Å². The molecule has 0 aliphatic rings. The number of rotatable bonds is 7. The second-order valence-electron chi connectivity index (χ2n) is 7.63. The van der Waals surface area contributed by atoms with E-state index in [1.165, 1.54) is 13.2 Å². The lowest BCUT2D eigenvalue weighted by molar-refractivity contribution is -0.154. The lowest BCUT2D eigenvalue weighted by Crippen LogP contribution is -2.26. The molecule has 0 radical (unpaired) electrons. The van der Waals surface area contributed by atoms with Gasteiger partial charge in [0.15, 0.2) is 0 Å². The molecule has 0 atom stereocenters. The van der Waals surface area contributed by atoms with Crippen molar-refractivity contribution in [1.29, 1.82) is 0 Å². The Morgan fingerprint density at radius 2 is 2.00 bits per heavy atom. The van der Waals surface area contributed by atoms with Crippen LogP contribution in [0.4, 0.5) is 17.2 Å². The van der Waals surface area contributed by atoms with Crippen LogP contribution in [-0.2, 0) is 26.0 Å². The smallest absolute Gasteiger partial charge is 0.306 e. The lowest BCUT2D eigenvalue weighted by atomic mass is 10.1. The van der Waals surface area contributed by atoms with Gasteiger partial charge >= 0.3 is 5.97 Å². The van der Waals surface area contributed by atoms with E-state index in [1.54, 1.807) is 12.1 Å². The molecule has 8 nitrogen and oxygen atoms in total. The Balaban J connectivity index is 2.34. The van der Waals surface area contributed by atoms with Gasteiger partial charge in [-0.1, -0.05) is 6.07 Å². The van der Waals surface area contributed by atoms with Crippen LogP contribution in [0, 0.1) is 0 Å². The summed E-state index contributed by atoms with van der Waals surface area (Å²) in [6.45, 7) is 5.42. The maximum Gasteiger partial charge on any atom is 0.306 e. The van der Waals surface area contributed by atoms with Crippen LogP contribution in [0.3, 0.4) is 0 Å². The third kappa shape index (κ3) is 7.10. The average Bonchev–Trinajstić information content (AvgIpc) is 2.61. The Labute approximate surface area is 190 Å². The summed E-state index contributed by atoms with van der Waals surface area (Å²) in [7, 11) is -2.08. The molecule has 0 aliphatic carbocycles. The van der Waals surface area contributed by atoms with Gasteiger partial charge in [-0.2, -0.15) is 4.98 Å². The zero-order chi connectivity index (χ0) is 22.7. The number of hydrogen-bond acceptors (Lipinski definition) is 7. The number of benzene rings is 1. The SMILES string of the molecule is CN(c1cc(CCC(=O)OC(C)(C)C)ccc1Nc1nc(Cl)ncc1Br)S(C)(=O)=O. The van der Waals surface area contributed by atoms with Crippen LogP contribution in [-0.4, -0.2) is 43.3 Å². The summed E-state index contributed by atoms with van der Waals surface area (Å²) in [5.41, 5.74) is 1.13. The molecule has 0 fully saturated rings. The lowest BCUT2D eigenvalue weighted by Gasteiger charge is -2.22. The van der Waals surface area contributed by atoms with Crippen LogP contribution in [0.15, 0.2) is 28.9 Å². The summed E-state index contributed by atoms with van der Waals surface area (Å²) < 4.78 is 31.4. The predicted octanol–water partition coefficient (Wildman–Crippen LogP) is 4.31. The molecule has 0 aliphatic heterocycles. The van der Waals surface area contributed by atoms with E-state index in [2.05, 4.69) is 31.2 Å². The average molecular weight is 520 g/mol. The number of aryl methyl sites for hydroxylation is 1. The van der Waals surface area contributed by atoms with Crippen LogP contribution in [0.1, 0.15) is 32.8 Å². The van der Waals surface area contributed by atoms with Crippen molar-refractivity contribution in [1.82, 2.24) is 9.97 Å². The Bertz CT molecular complexity index is 1040. The molecule has 1 aromatic heterocycles. The quantitative estimate of drug-likeness (QED) is 0.430. The largest absolute Gasteiger partial charge is 0.460 e. The van der Waals surface area contributed by atoms with Crippen molar-refractivity contribution in [3.8, 4) is 0 Å². The zero-order valence-electron chi connectivity index (χ0n) is 17.4. The van der Waals surface area contributed by atoms with Crippen molar-refractivity contribution in [2.75, 3.05) is 22.9 Å². The number of nitrogens with one attached hydrogen (secondary N) is 1. The molecule has 2 rings (SSSR count). The summed E-state index contributed by atoms with van der Waals surface area (Å²) >= 11 is 9.21. The molecule has 164 valence electrons. The first-order valence-corrected chi connectivity index (χ1v) is 12.0. The van der Waals surface area contributed by atoms with Crippen LogP contribution >= 0.6 is 27.5 Å². The number of anilines is 3. The molecule has 11 heteroatoms. The Morgan fingerprint density at radius 3 is 2.60 bits per heavy atom. The van der Waals surface area contributed by atoms with Gasteiger partial charge in [-0.25, -0.2) is 13.4 Å². The molecule has 1 N–H and O–H groups in total. The van der Waals surface area contributed by atoms with Gasteiger partial charge < -0.3 is 10.1 Å². The fraction of sp³-hybridized carbons (Fsp3) is 0.421. The highest BCUT2D eigenvalue weighted by molar-refractivity contribution is 9.10. The fourth-order valence-electron chi connectivity index (χ4n) is 2.48. The first-order chi connectivity index (χ1) is 13.8. The highest BCUT2D eigenvalue weighted by atomic mass is 79.9. The van der Waals surface area contributed by atoms with Gasteiger partial charge in [0.25, 0.3) is 0 Å². The van der Waals surface area contributed by atoms with Crippen LogP contribution in [0.25, 0.3) is 0 Å². The number of carbonyl (C=O) groups is 1. The number of halogens is 2. The summed E-state index contributed by atoms with van der Waals surface area (Å²) in [5, 5.41) is 3.13. The van der Waals surface area contributed by atoms with E-state index >= 15 is 0 Å². The van der Waals surface area contributed by atoms with E-state index in [1.807, 2.05) is 26.8 Å². The maximum absolute atomic E-state index is 12.2. The van der Waals surface area contributed by atoms with Crippen molar-refractivity contribution >= 4 is 60.7 Å². The van der Waals surface area contributed by atoms with Crippen molar-refractivity contribution < 1.29 is 17.9 Å². The third-order valence-electron chi connectivity index (χ3n) is 3.90. The van der Waals surface area contributed by atoms with Gasteiger partial charge in [0.1, 0.15) is 11.4 Å². The molecule has 0 saturated heterocycles. The van der Waals surface area contributed by atoms with Crippen molar-refractivity contribution in [3.63, 3.8) is 0 Å². The minimum atomic E-state index is -3.53. The van der Waals surface area contributed by atoms with Gasteiger partial charge in [-0.05, 0) is 72.4 Å². The zero-order valence-corrected chi connectivity index (χ0v) is 20.5. The van der Waals surface area contributed by atoms with Gasteiger partial charge in [-0.15, -0.1) is 0 Å². The number of nitrogens with zero attached hydrogens (tertiary/aromatic N) is 3. The fourth-order valence-corrected chi connectivity index (χ4v) is 3.41. The van der Waals surface area contributed by atoms with Gasteiger partial charge in [0.2, 0.25) is 15.3 Å². The van der Waals surface area contributed by atoms with E-state index in [9.17, 15) is 13.2 Å². The molecular weight excluding hydrogens is 496 g/mol. The summed E-state index contributed by atoms with van der Waals surface area (Å²) in [6, 6.07) is 5.25. The van der Waals surface area contributed by atoms with Crippen LogP contribution < -0.4 is 9.62 Å². The summed E-state index contributed by atoms with van der Waals surface area (Å²) in [4.78, 5) is 20.0. The van der Waals surface area contributed by atoms with Crippen LogP contribution in [0.5, 0.6) is 0 Å². The maximum atomic E-state index is 12.2. The van der Waals surface area contributed by atoms with Gasteiger partial charge in [0.05, 0.1) is 22.1 Å². The molecular formula is C19H24BrClN4O4S.